The summed E-state index contributed by atoms with van der Waals surface area (Å²) >= 11 is 0. The van der Waals surface area contributed by atoms with Crippen LogP contribution >= 0.6 is 0 Å². The van der Waals surface area contributed by atoms with E-state index in [0.717, 1.165) is 18.7 Å². The number of aromatic nitrogens is 3. The van der Waals surface area contributed by atoms with Crippen molar-refractivity contribution in [3.63, 3.8) is 0 Å². The highest BCUT2D eigenvalue weighted by atomic mass is 15.3. The molecular weight excluding hydrogens is 248 g/mol. The first-order valence-corrected chi connectivity index (χ1v) is 7.01. The molecule has 0 radical (unpaired) electrons. The zero-order valence-corrected chi connectivity index (χ0v) is 12.0. The Balaban J connectivity index is 1.96. The summed E-state index contributed by atoms with van der Waals surface area (Å²) in [7, 11) is 2.01. The number of nitrogens with two attached hydrogens (primary N) is 1. The number of hydrogen-bond donors (Lipinski definition) is 1. The molecule has 20 heavy (non-hydrogen) atoms. The summed E-state index contributed by atoms with van der Waals surface area (Å²) in [5.41, 5.74) is 10.5. The lowest BCUT2D eigenvalue weighted by Crippen LogP contribution is -2.04. The van der Waals surface area contributed by atoms with E-state index in [2.05, 4.69) is 53.1 Å². The third kappa shape index (κ3) is 2.23. The molecule has 2 N–H and O–H groups in total. The van der Waals surface area contributed by atoms with Gasteiger partial charge in [-0.05, 0) is 41.6 Å². The van der Waals surface area contributed by atoms with Gasteiger partial charge in [0.15, 0.2) is 0 Å². The van der Waals surface area contributed by atoms with Gasteiger partial charge in [0.1, 0.15) is 0 Å². The minimum atomic E-state index is 0.586. The molecule has 4 nitrogen and oxygen atoms in total. The average Bonchev–Trinajstić information content (AvgIpc) is 3.03. The normalized spacial score (nSPS) is 11.3. The van der Waals surface area contributed by atoms with Crippen LogP contribution in [0, 0.1) is 0 Å². The molecule has 0 aliphatic carbocycles. The lowest BCUT2D eigenvalue weighted by Gasteiger charge is -2.06. The maximum Gasteiger partial charge on any atom is 0.0645 e. The Morgan fingerprint density at radius 1 is 1.20 bits per heavy atom. The Labute approximate surface area is 118 Å². The number of fused-ring (bicyclic) bond motifs is 1. The number of benzene rings is 1. The first-order chi connectivity index (χ1) is 9.71. The summed E-state index contributed by atoms with van der Waals surface area (Å²) in [5, 5.41) is 5.75. The molecule has 0 unspecified atom stereocenters. The Morgan fingerprint density at radius 3 is 2.75 bits per heavy atom. The molecule has 1 aromatic carbocycles. The van der Waals surface area contributed by atoms with Crippen molar-refractivity contribution >= 4 is 10.9 Å². The Morgan fingerprint density at radius 2 is 2.05 bits per heavy atom. The van der Waals surface area contributed by atoms with Gasteiger partial charge in [0, 0.05) is 25.3 Å². The van der Waals surface area contributed by atoms with Gasteiger partial charge in [0.05, 0.1) is 17.9 Å². The highest BCUT2D eigenvalue weighted by molar-refractivity contribution is 5.81. The van der Waals surface area contributed by atoms with Crippen LogP contribution in [0.4, 0.5) is 0 Å². The van der Waals surface area contributed by atoms with Crippen LogP contribution in [0.3, 0.4) is 0 Å². The van der Waals surface area contributed by atoms with Crippen molar-refractivity contribution < 1.29 is 0 Å². The maximum absolute atomic E-state index is 5.69. The molecule has 3 aromatic rings. The molecule has 0 saturated carbocycles. The zero-order valence-electron chi connectivity index (χ0n) is 12.0. The van der Waals surface area contributed by atoms with Crippen molar-refractivity contribution in [3.8, 4) is 0 Å². The fourth-order valence-electron chi connectivity index (χ4n) is 2.58. The topological polar surface area (TPSA) is 48.8 Å². The van der Waals surface area contributed by atoms with Crippen LogP contribution in [-0.4, -0.2) is 14.3 Å². The van der Waals surface area contributed by atoms with Gasteiger partial charge < -0.3 is 10.3 Å². The molecule has 104 valence electrons. The van der Waals surface area contributed by atoms with Crippen molar-refractivity contribution in [1.29, 1.82) is 0 Å². The quantitative estimate of drug-likeness (QED) is 0.790. The van der Waals surface area contributed by atoms with Gasteiger partial charge in [-0.15, -0.1) is 0 Å². The van der Waals surface area contributed by atoms with Crippen LogP contribution in [0.1, 0.15) is 23.9 Å². The van der Waals surface area contributed by atoms with E-state index in [1.807, 2.05) is 11.7 Å². The summed E-state index contributed by atoms with van der Waals surface area (Å²) in [6, 6.07) is 10.7. The molecular formula is C16H20N4. The highest BCUT2D eigenvalue weighted by Crippen LogP contribution is 2.19. The second-order valence-electron chi connectivity index (χ2n) is 5.15. The van der Waals surface area contributed by atoms with Crippen molar-refractivity contribution in [1.82, 2.24) is 14.3 Å². The van der Waals surface area contributed by atoms with Crippen molar-refractivity contribution in [3.05, 3.63) is 53.5 Å². The summed E-state index contributed by atoms with van der Waals surface area (Å²) in [5.74, 6) is 0. The summed E-state index contributed by atoms with van der Waals surface area (Å²) in [4.78, 5) is 0. The molecule has 0 amide bonds. The first-order valence-electron chi connectivity index (χ1n) is 7.01. The van der Waals surface area contributed by atoms with Gasteiger partial charge >= 0.3 is 0 Å². The number of nitrogens with zero attached hydrogens (tertiary/aromatic N) is 3. The van der Waals surface area contributed by atoms with E-state index < -0.39 is 0 Å². The van der Waals surface area contributed by atoms with E-state index in [1.165, 1.54) is 22.2 Å². The van der Waals surface area contributed by atoms with Crippen LogP contribution in [0.25, 0.3) is 10.9 Å². The third-order valence-electron chi connectivity index (χ3n) is 3.79. The third-order valence-corrected chi connectivity index (χ3v) is 3.79. The monoisotopic (exact) mass is 268 g/mol. The van der Waals surface area contributed by atoms with E-state index in [0.29, 0.717) is 6.54 Å². The molecule has 0 bridgehead atoms. The molecule has 0 atom stereocenters. The Bertz CT molecular complexity index is 736. The summed E-state index contributed by atoms with van der Waals surface area (Å²) in [6.45, 7) is 3.56. The Kier molecular flexibility index (Phi) is 3.32. The fourth-order valence-corrected chi connectivity index (χ4v) is 2.58. The fraction of sp³-hybridized carbons (Fsp3) is 0.312. The first kappa shape index (κ1) is 12.9. The standard InChI is InChI=1S/C16H20N4/c1-3-14-9-15(19(2)18-14)11-20-7-6-13-8-12(10-17)4-5-16(13)20/h4-9H,3,10-11,17H2,1-2H3. The van der Waals surface area contributed by atoms with Gasteiger partial charge in [-0.3, -0.25) is 4.68 Å². The predicted molar refractivity (Wildman–Crippen MR) is 81.5 cm³/mol. The summed E-state index contributed by atoms with van der Waals surface area (Å²) < 4.78 is 4.23. The number of rotatable bonds is 4. The van der Waals surface area contributed by atoms with E-state index in [1.54, 1.807) is 0 Å². The SMILES string of the molecule is CCc1cc(Cn2ccc3cc(CN)ccc32)n(C)n1. The van der Waals surface area contributed by atoms with Crippen molar-refractivity contribution in [2.45, 2.75) is 26.4 Å². The second kappa shape index (κ2) is 5.13. The average molecular weight is 268 g/mol. The lowest BCUT2D eigenvalue weighted by molar-refractivity contribution is 0.669. The van der Waals surface area contributed by atoms with Crippen molar-refractivity contribution in [2.24, 2.45) is 12.8 Å². The molecule has 0 aliphatic rings. The summed E-state index contributed by atoms with van der Waals surface area (Å²) in [6.07, 6.45) is 3.10. The van der Waals surface area contributed by atoms with E-state index in [-0.39, 0.29) is 0 Å². The van der Waals surface area contributed by atoms with Crippen LogP contribution in [0.15, 0.2) is 36.5 Å². The van der Waals surface area contributed by atoms with Gasteiger partial charge in [-0.2, -0.15) is 5.10 Å². The molecule has 0 saturated heterocycles. The molecule has 4 heteroatoms. The molecule has 2 heterocycles. The highest BCUT2D eigenvalue weighted by Gasteiger charge is 2.07. The molecule has 2 aromatic heterocycles. The van der Waals surface area contributed by atoms with Crippen LogP contribution < -0.4 is 5.73 Å². The van der Waals surface area contributed by atoms with Gasteiger partial charge in [0.2, 0.25) is 0 Å². The molecule has 3 rings (SSSR count). The maximum atomic E-state index is 5.69. The Hall–Kier alpha value is -2.07. The lowest BCUT2D eigenvalue weighted by atomic mass is 10.1. The van der Waals surface area contributed by atoms with Crippen molar-refractivity contribution in [2.75, 3.05) is 0 Å². The number of hydrogen-bond acceptors (Lipinski definition) is 2. The molecule has 0 spiro atoms. The smallest absolute Gasteiger partial charge is 0.0645 e. The van der Waals surface area contributed by atoms with E-state index in [9.17, 15) is 0 Å². The van der Waals surface area contributed by atoms with Crippen LogP contribution in [0.2, 0.25) is 0 Å². The number of aryl methyl sites for hydroxylation is 2. The molecule has 0 aliphatic heterocycles. The largest absolute Gasteiger partial charge is 0.341 e. The van der Waals surface area contributed by atoms with Gasteiger partial charge in [-0.1, -0.05) is 13.0 Å². The zero-order chi connectivity index (χ0) is 14.1. The van der Waals surface area contributed by atoms with Gasteiger partial charge in [0.25, 0.3) is 0 Å². The molecule has 0 fully saturated rings. The van der Waals surface area contributed by atoms with E-state index in [4.69, 9.17) is 5.73 Å². The minimum absolute atomic E-state index is 0.586. The van der Waals surface area contributed by atoms with E-state index >= 15 is 0 Å². The predicted octanol–water partition coefficient (Wildman–Crippen LogP) is 2.44. The minimum Gasteiger partial charge on any atom is -0.341 e. The van der Waals surface area contributed by atoms with Gasteiger partial charge in [-0.25, -0.2) is 0 Å². The van der Waals surface area contributed by atoms with Crippen LogP contribution in [0.5, 0.6) is 0 Å². The second-order valence-corrected chi connectivity index (χ2v) is 5.15. The van der Waals surface area contributed by atoms with Crippen LogP contribution in [-0.2, 0) is 26.6 Å².